The van der Waals surface area contributed by atoms with Crippen molar-refractivity contribution in [3.63, 3.8) is 0 Å². The van der Waals surface area contributed by atoms with E-state index in [1.807, 2.05) is 30.3 Å². The smallest absolute Gasteiger partial charge is 0.240 e. The standard InChI is InChI=1S/C13H15N5O2/c19-8-4-7-12(20)16-14-9-11-13(17-18-15-11)10-5-2-1-3-6-10/h1-3,5-6,9,19H,4,7-8H2,(H,16,20)(H,15,17,18)/b14-9-. The highest BCUT2D eigenvalue weighted by molar-refractivity contribution is 5.87. The van der Waals surface area contributed by atoms with Gasteiger partial charge in [-0.1, -0.05) is 30.3 Å². The third kappa shape index (κ3) is 3.72. The molecule has 20 heavy (non-hydrogen) atoms. The van der Waals surface area contributed by atoms with Crippen molar-refractivity contribution in [1.29, 1.82) is 0 Å². The Morgan fingerprint density at radius 2 is 2.15 bits per heavy atom. The molecule has 1 aromatic heterocycles. The summed E-state index contributed by atoms with van der Waals surface area (Å²) >= 11 is 0. The average Bonchev–Trinajstić information content (AvgIpc) is 2.94. The summed E-state index contributed by atoms with van der Waals surface area (Å²) in [5, 5.41) is 23.0. The van der Waals surface area contributed by atoms with Gasteiger partial charge in [0.05, 0.1) is 6.21 Å². The van der Waals surface area contributed by atoms with Crippen LogP contribution < -0.4 is 5.43 Å². The molecule has 0 unspecified atom stereocenters. The minimum absolute atomic E-state index is 0.0153. The number of carbonyl (C=O) groups excluding carboxylic acids is 1. The predicted molar refractivity (Wildman–Crippen MR) is 73.9 cm³/mol. The van der Waals surface area contributed by atoms with Crippen LogP contribution in [0.25, 0.3) is 11.3 Å². The van der Waals surface area contributed by atoms with E-state index >= 15 is 0 Å². The van der Waals surface area contributed by atoms with Gasteiger partial charge >= 0.3 is 0 Å². The van der Waals surface area contributed by atoms with Gasteiger partial charge in [-0.25, -0.2) is 5.43 Å². The van der Waals surface area contributed by atoms with Crippen molar-refractivity contribution in [1.82, 2.24) is 20.8 Å². The molecule has 0 aliphatic carbocycles. The highest BCUT2D eigenvalue weighted by atomic mass is 16.3. The zero-order valence-electron chi connectivity index (χ0n) is 10.8. The van der Waals surface area contributed by atoms with Gasteiger partial charge in [0, 0.05) is 18.6 Å². The molecule has 1 heterocycles. The van der Waals surface area contributed by atoms with Crippen LogP contribution in [0.2, 0.25) is 0 Å². The summed E-state index contributed by atoms with van der Waals surface area (Å²) < 4.78 is 0. The average molecular weight is 273 g/mol. The van der Waals surface area contributed by atoms with Crippen LogP contribution >= 0.6 is 0 Å². The van der Waals surface area contributed by atoms with E-state index in [1.165, 1.54) is 6.21 Å². The molecule has 2 rings (SSSR count). The number of hydrazone groups is 1. The summed E-state index contributed by atoms with van der Waals surface area (Å²) in [6.07, 6.45) is 2.08. The van der Waals surface area contributed by atoms with Crippen LogP contribution in [0.5, 0.6) is 0 Å². The van der Waals surface area contributed by atoms with Gasteiger partial charge in [0.25, 0.3) is 0 Å². The molecule has 7 nitrogen and oxygen atoms in total. The number of benzene rings is 1. The fourth-order valence-electron chi connectivity index (χ4n) is 1.60. The lowest BCUT2D eigenvalue weighted by Crippen LogP contribution is -2.17. The molecule has 0 radical (unpaired) electrons. The van der Waals surface area contributed by atoms with Gasteiger partial charge in [0.2, 0.25) is 5.91 Å². The molecule has 0 aliphatic heterocycles. The molecule has 0 spiro atoms. The minimum atomic E-state index is -0.250. The molecule has 2 aromatic rings. The maximum atomic E-state index is 11.3. The maximum absolute atomic E-state index is 11.3. The lowest BCUT2D eigenvalue weighted by molar-refractivity contribution is -0.121. The summed E-state index contributed by atoms with van der Waals surface area (Å²) in [7, 11) is 0. The van der Waals surface area contributed by atoms with Crippen LogP contribution in [0.1, 0.15) is 18.5 Å². The zero-order valence-corrected chi connectivity index (χ0v) is 10.8. The Labute approximate surface area is 115 Å². The monoisotopic (exact) mass is 273 g/mol. The SMILES string of the molecule is O=C(CCCO)N/N=C\c1n[nH]nc1-c1ccccc1. The first kappa shape index (κ1) is 13.9. The van der Waals surface area contributed by atoms with E-state index in [4.69, 9.17) is 5.11 Å². The molecular weight excluding hydrogens is 258 g/mol. The Bertz CT molecular complexity index is 579. The van der Waals surface area contributed by atoms with E-state index in [2.05, 4.69) is 25.9 Å². The summed E-state index contributed by atoms with van der Waals surface area (Å²) in [5.41, 5.74) is 4.49. The van der Waals surface area contributed by atoms with Gasteiger partial charge in [-0.2, -0.15) is 20.5 Å². The number of nitrogens with zero attached hydrogens (tertiary/aromatic N) is 3. The number of hydrogen-bond acceptors (Lipinski definition) is 5. The first-order valence-electron chi connectivity index (χ1n) is 6.20. The van der Waals surface area contributed by atoms with E-state index in [-0.39, 0.29) is 18.9 Å². The van der Waals surface area contributed by atoms with Crippen molar-refractivity contribution in [2.24, 2.45) is 5.10 Å². The number of H-pyrrole nitrogens is 1. The van der Waals surface area contributed by atoms with Gasteiger partial charge in [-0.3, -0.25) is 4.79 Å². The fraction of sp³-hybridized carbons (Fsp3) is 0.231. The third-order valence-electron chi connectivity index (χ3n) is 2.56. The summed E-state index contributed by atoms with van der Waals surface area (Å²) in [5.74, 6) is -0.250. The predicted octanol–water partition coefficient (Wildman–Crippen LogP) is 0.694. The Kier molecular flexibility index (Phi) is 4.96. The topological polar surface area (TPSA) is 103 Å². The number of hydrogen-bond donors (Lipinski definition) is 3. The number of aromatic amines is 1. The normalized spacial score (nSPS) is 10.8. The molecule has 0 fully saturated rings. The summed E-state index contributed by atoms with van der Waals surface area (Å²) in [4.78, 5) is 11.3. The van der Waals surface area contributed by atoms with E-state index in [0.29, 0.717) is 17.8 Å². The Balaban J connectivity index is 2.01. The highest BCUT2D eigenvalue weighted by Gasteiger charge is 2.07. The van der Waals surface area contributed by atoms with Crippen LogP contribution in [0, 0.1) is 0 Å². The van der Waals surface area contributed by atoms with Crippen molar-refractivity contribution < 1.29 is 9.90 Å². The number of nitrogens with one attached hydrogen (secondary N) is 2. The molecule has 7 heteroatoms. The van der Waals surface area contributed by atoms with E-state index in [0.717, 1.165) is 5.56 Å². The summed E-state index contributed by atoms with van der Waals surface area (Å²) in [6, 6.07) is 9.55. The van der Waals surface area contributed by atoms with Crippen LogP contribution in [0.15, 0.2) is 35.4 Å². The van der Waals surface area contributed by atoms with Crippen molar-refractivity contribution in [2.75, 3.05) is 6.61 Å². The van der Waals surface area contributed by atoms with Crippen molar-refractivity contribution >= 4 is 12.1 Å². The first-order chi connectivity index (χ1) is 9.81. The van der Waals surface area contributed by atoms with Gasteiger partial charge in [-0.05, 0) is 6.42 Å². The number of carbonyl (C=O) groups is 1. The number of aliphatic hydroxyl groups excluding tert-OH is 1. The van der Waals surface area contributed by atoms with Gasteiger partial charge in [0.15, 0.2) is 0 Å². The number of rotatable bonds is 6. The quantitative estimate of drug-likeness (QED) is 0.532. The van der Waals surface area contributed by atoms with Crippen LogP contribution in [0.4, 0.5) is 0 Å². The Morgan fingerprint density at radius 3 is 2.90 bits per heavy atom. The van der Waals surface area contributed by atoms with Gasteiger partial charge in [0.1, 0.15) is 11.4 Å². The number of aliphatic hydroxyl groups is 1. The van der Waals surface area contributed by atoms with E-state index in [9.17, 15) is 4.79 Å². The molecule has 1 aromatic carbocycles. The van der Waals surface area contributed by atoms with E-state index in [1.54, 1.807) is 0 Å². The van der Waals surface area contributed by atoms with Crippen molar-refractivity contribution in [3.8, 4) is 11.3 Å². The molecule has 0 aliphatic rings. The first-order valence-corrected chi connectivity index (χ1v) is 6.20. The van der Waals surface area contributed by atoms with Gasteiger partial charge < -0.3 is 5.11 Å². The second-order valence-electron chi connectivity index (χ2n) is 4.04. The van der Waals surface area contributed by atoms with Gasteiger partial charge in [-0.15, -0.1) is 0 Å². The molecule has 104 valence electrons. The molecular formula is C13H15N5O2. The minimum Gasteiger partial charge on any atom is -0.396 e. The third-order valence-corrected chi connectivity index (χ3v) is 2.56. The lowest BCUT2D eigenvalue weighted by Gasteiger charge is -1.98. The number of amides is 1. The molecule has 0 saturated carbocycles. The van der Waals surface area contributed by atoms with E-state index < -0.39 is 0 Å². The van der Waals surface area contributed by atoms with Crippen LogP contribution in [0.3, 0.4) is 0 Å². The zero-order chi connectivity index (χ0) is 14.2. The fourth-order valence-corrected chi connectivity index (χ4v) is 1.60. The maximum Gasteiger partial charge on any atom is 0.240 e. The molecule has 0 bridgehead atoms. The Hall–Kier alpha value is -2.54. The summed E-state index contributed by atoms with van der Waals surface area (Å²) in [6.45, 7) is -0.0153. The molecule has 1 amide bonds. The van der Waals surface area contributed by atoms with Crippen LogP contribution in [-0.2, 0) is 4.79 Å². The van der Waals surface area contributed by atoms with Crippen LogP contribution in [-0.4, -0.2) is 39.2 Å². The Morgan fingerprint density at radius 1 is 1.35 bits per heavy atom. The highest BCUT2D eigenvalue weighted by Crippen LogP contribution is 2.17. The van der Waals surface area contributed by atoms with Crippen molar-refractivity contribution in [3.05, 3.63) is 36.0 Å². The second kappa shape index (κ2) is 7.15. The lowest BCUT2D eigenvalue weighted by atomic mass is 10.1. The number of aromatic nitrogens is 3. The largest absolute Gasteiger partial charge is 0.396 e. The molecule has 3 N–H and O–H groups in total. The van der Waals surface area contributed by atoms with Crippen molar-refractivity contribution in [2.45, 2.75) is 12.8 Å². The molecule has 0 saturated heterocycles. The second-order valence-corrected chi connectivity index (χ2v) is 4.04. The molecule has 0 atom stereocenters.